The second kappa shape index (κ2) is 10.1. The molecule has 198 valence electrons. The molecule has 3 rings (SSSR count). The first-order valence-corrected chi connectivity index (χ1v) is 14.3. The monoisotopic (exact) mass is 514 g/mol. The zero-order valence-electron chi connectivity index (χ0n) is 25.1. The molecular weight excluding hydrogens is 468 g/mol. The molecule has 0 atom stereocenters. The first kappa shape index (κ1) is 29.2. The van der Waals surface area contributed by atoms with E-state index in [-0.39, 0.29) is 27.4 Å². The van der Waals surface area contributed by atoms with Crippen LogP contribution in [0, 0.1) is 10.8 Å². The maximum absolute atomic E-state index is 11.6. The van der Waals surface area contributed by atoms with Crippen molar-refractivity contribution in [2.45, 2.75) is 93.9 Å². The number of allylic oxidation sites excluding steroid dienone is 8. The van der Waals surface area contributed by atoms with Crippen molar-refractivity contribution in [1.29, 1.82) is 0 Å². The van der Waals surface area contributed by atoms with Gasteiger partial charge in [0.2, 0.25) is 0 Å². The third kappa shape index (κ3) is 6.77. The number of ketones is 1. The van der Waals surface area contributed by atoms with Gasteiger partial charge in [-0.15, -0.1) is 11.8 Å². The van der Waals surface area contributed by atoms with E-state index >= 15 is 0 Å². The number of hydrogen-bond acceptors (Lipinski definition) is 2. The van der Waals surface area contributed by atoms with E-state index in [0.29, 0.717) is 0 Å². The molecule has 0 saturated heterocycles. The Bertz CT molecular complexity index is 1270. The van der Waals surface area contributed by atoms with Gasteiger partial charge in [0.05, 0.1) is 0 Å². The zero-order chi connectivity index (χ0) is 28.0. The second-order valence-electron chi connectivity index (χ2n) is 14.5. The molecule has 0 bridgehead atoms. The quantitative estimate of drug-likeness (QED) is 0.374. The smallest absolute Gasteiger partial charge is 0.178 e. The van der Waals surface area contributed by atoms with Gasteiger partial charge in [-0.2, -0.15) is 0 Å². The van der Waals surface area contributed by atoms with E-state index in [9.17, 15) is 4.79 Å². The number of hydrogen-bond donors (Lipinski definition) is 0. The third-order valence-corrected chi connectivity index (χ3v) is 7.65. The zero-order valence-corrected chi connectivity index (χ0v) is 25.9. The van der Waals surface area contributed by atoms with E-state index in [1.807, 2.05) is 23.9 Å². The largest absolute Gasteiger partial charge is 0.290 e. The predicted molar refractivity (Wildman–Crippen MR) is 165 cm³/mol. The lowest BCUT2D eigenvalue weighted by Gasteiger charge is -2.37. The molecule has 1 aromatic carbocycles. The summed E-state index contributed by atoms with van der Waals surface area (Å²) < 4.78 is 0. The summed E-state index contributed by atoms with van der Waals surface area (Å²) in [5.74, 6) is 0.0413. The van der Waals surface area contributed by atoms with E-state index in [0.717, 1.165) is 5.57 Å². The highest BCUT2D eigenvalue weighted by Crippen LogP contribution is 2.47. The molecule has 0 spiro atoms. The van der Waals surface area contributed by atoms with E-state index in [1.54, 1.807) is 12.2 Å². The van der Waals surface area contributed by atoms with Gasteiger partial charge in [0.15, 0.2) is 5.78 Å². The highest BCUT2D eigenvalue weighted by molar-refractivity contribution is 8.05. The fourth-order valence-electron chi connectivity index (χ4n) is 4.79. The molecule has 37 heavy (non-hydrogen) atoms. The van der Waals surface area contributed by atoms with E-state index in [1.165, 1.54) is 38.3 Å². The molecule has 0 N–H and O–H groups in total. The van der Waals surface area contributed by atoms with Crippen molar-refractivity contribution in [3.05, 3.63) is 91.6 Å². The molecule has 0 radical (unpaired) electrons. The van der Waals surface area contributed by atoms with Crippen LogP contribution in [0.25, 0.3) is 11.6 Å². The maximum atomic E-state index is 11.6. The van der Waals surface area contributed by atoms with Gasteiger partial charge in [0.25, 0.3) is 0 Å². The first-order chi connectivity index (χ1) is 16.8. The molecule has 1 heterocycles. The molecule has 0 unspecified atom stereocenters. The Labute approximate surface area is 229 Å². The standard InChI is InChI=1S/C35H46OS/c1-32(2,3)26-19-24(14-13-23-15-17-25(36)18-16-23)20-27(33(4,5)6)30(26)31-28(34(7,8)9)21-37-22-29(31)35(10,11)12/h13-22H,1-12H3. The van der Waals surface area contributed by atoms with Crippen LogP contribution in [0.15, 0.2) is 70.0 Å². The van der Waals surface area contributed by atoms with E-state index in [2.05, 4.69) is 118 Å². The fraction of sp³-hybridized carbons (Fsp3) is 0.457. The van der Waals surface area contributed by atoms with Crippen molar-refractivity contribution < 1.29 is 4.79 Å². The summed E-state index contributed by atoms with van der Waals surface area (Å²) in [6.07, 6.45) is 11.3. The lowest BCUT2D eigenvalue weighted by molar-refractivity contribution is -0.110. The minimum atomic E-state index is -0.0486. The van der Waals surface area contributed by atoms with Gasteiger partial charge >= 0.3 is 0 Å². The average Bonchev–Trinajstić information content (AvgIpc) is 2.75. The Morgan fingerprint density at radius 2 is 1.03 bits per heavy atom. The molecule has 1 aliphatic heterocycles. The highest BCUT2D eigenvalue weighted by Gasteiger charge is 2.34. The van der Waals surface area contributed by atoms with Crippen LogP contribution in [0.3, 0.4) is 0 Å². The predicted octanol–water partition coefficient (Wildman–Crippen LogP) is 8.44. The number of carbonyl (C=O) groups excluding carboxylic acids is 1. The van der Waals surface area contributed by atoms with Crippen LogP contribution in [0.2, 0.25) is 0 Å². The van der Waals surface area contributed by atoms with Crippen LogP contribution in [-0.4, -0.2) is 5.78 Å². The van der Waals surface area contributed by atoms with Crippen molar-refractivity contribution in [3.8, 4) is 0 Å². The first-order valence-electron chi connectivity index (χ1n) is 13.4. The van der Waals surface area contributed by atoms with Crippen LogP contribution < -0.4 is 10.4 Å². The molecule has 2 heteroatoms. The van der Waals surface area contributed by atoms with E-state index < -0.39 is 0 Å². The van der Waals surface area contributed by atoms with Crippen LogP contribution >= 0.6 is 11.8 Å². The van der Waals surface area contributed by atoms with Gasteiger partial charge in [-0.25, -0.2) is 0 Å². The van der Waals surface area contributed by atoms with Crippen molar-refractivity contribution >= 4 is 29.2 Å². The van der Waals surface area contributed by atoms with Gasteiger partial charge in [-0.3, -0.25) is 4.79 Å². The number of carbonyl (C=O) groups is 1. The highest BCUT2D eigenvalue weighted by atomic mass is 32.2. The topological polar surface area (TPSA) is 17.1 Å². The van der Waals surface area contributed by atoms with E-state index in [4.69, 9.17) is 0 Å². The summed E-state index contributed by atoms with van der Waals surface area (Å²) in [6, 6.07) is 4.77. The Balaban J connectivity index is 2.56. The second-order valence-corrected chi connectivity index (χ2v) is 15.2. The van der Waals surface area contributed by atoms with Crippen molar-refractivity contribution in [2.24, 2.45) is 10.8 Å². The van der Waals surface area contributed by atoms with Gasteiger partial charge in [-0.05, 0) is 88.5 Å². The van der Waals surface area contributed by atoms with Crippen molar-refractivity contribution in [3.63, 3.8) is 0 Å². The summed E-state index contributed by atoms with van der Waals surface area (Å²) in [5.41, 5.74) is 7.98. The summed E-state index contributed by atoms with van der Waals surface area (Å²) in [5, 5.41) is 7.34. The Kier molecular flexibility index (Phi) is 7.98. The number of benzene rings is 1. The molecule has 1 nitrogen and oxygen atoms in total. The summed E-state index contributed by atoms with van der Waals surface area (Å²) >= 11 is 1.82. The minimum Gasteiger partial charge on any atom is -0.290 e. The molecule has 0 fully saturated rings. The van der Waals surface area contributed by atoms with Gasteiger partial charge in [-0.1, -0.05) is 120 Å². The minimum absolute atomic E-state index is 0.0176. The molecule has 0 aromatic heterocycles. The van der Waals surface area contributed by atoms with Gasteiger partial charge < -0.3 is 0 Å². The summed E-state index contributed by atoms with van der Waals surface area (Å²) in [6.45, 7) is 28.0. The van der Waals surface area contributed by atoms with Crippen LogP contribution in [0.4, 0.5) is 0 Å². The molecule has 0 saturated carbocycles. The average molecular weight is 515 g/mol. The fourth-order valence-corrected chi connectivity index (χ4v) is 6.07. The lowest BCUT2D eigenvalue weighted by Crippen LogP contribution is -2.37. The molecule has 2 aliphatic rings. The normalized spacial score (nSPS) is 17.1. The maximum Gasteiger partial charge on any atom is 0.178 e. The third-order valence-electron chi connectivity index (χ3n) is 6.90. The Hall–Kier alpha value is -2.32. The molecule has 0 amide bonds. The molecular formula is C35H46OS. The van der Waals surface area contributed by atoms with Gasteiger partial charge in [0, 0.05) is 0 Å². The van der Waals surface area contributed by atoms with Crippen LogP contribution in [0.5, 0.6) is 0 Å². The molecule has 1 aromatic rings. The van der Waals surface area contributed by atoms with Crippen molar-refractivity contribution in [1.82, 2.24) is 0 Å². The van der Waals surface area contributed by atoms with Crippen LogP contribution in [0.1, 0.15) is 94.2 Å². The van der Waals surface area contributed by atoms with Crippen molar-refractivity contribution in [2.75, 3.05) is 0 Å². The van der Waals surface area contributed by atoms with Gasteiger partial charge in [0.1, 0.15) is 0 Å². The van der Waals surface area contributed by atoms with Crippen LogP contribution in [-0.2, 0) is 15.6 Å². The molecule has 1 aliphatic carbocycles. The number of thioether (sulfide) groups is 1. The Morgan fingerprint density at radius 3 is 1.41 bits per heavy atom. The SMILES string of the molecule is CC(C)(C)C1=CSC=C(C(C)(C)C)C1=c1c(C(C)(C)C)cc(=CC=C2C=CC(=O)C=C2)cc1C(C)(C)C. The summed E-state index contributed by atoms with van der Waals surface area (Å²) in [4.78, 5) is 11.6. The number of rotatable bonds is 1. The summed E-state index contributed by atoms with van der Waals surface area (Å²) in [7, 11) is 0. The Morgan fingerprint density at radius 1 is 0.595 bits per heavy atom. The lowest BCUT2D eigenvalue weighted by atomic mass is 9.69.